The number of hydrogen-bond acceptors (Lipinski definition) is 5. The second kappa shape index (κ2) is 7.37. The summed E-state index contributed by atoms with van der Waals surface area (Å²) in [6, 6.07) is 1.99. The van der Waals surface area contributed by atoms with Gasteiger partial charge in [0, 0.05) is 12.2 Å². The molecule has 0 aromatic heterocycles. The molecule has 1 aliphatic heterocycles. The zero-order chi connectivity index (χ0) is 12.5. The Hall–Kier alpha value is -1.92. The molecule has 1 aliphatic rings. The molecule has 5 nitrogen and oxygen atoms in total. The molecule has 0 aromatic rings. The highest BCUT2D eigenvalue weighted by Crippen LogP contribution is 2.10. The van der Waals surface area contributed by atoms with Crippen molar-refractivity contribution in [2.24, 2.45) is 9.98 Å². The van der Waals surface area contributed by atoms with Gasteiger partial charge in [0.25, 0.3) is 6.71 Å². The Kier molecular flexibility index (Phi) is 5.70. The molecule has 1 rings (SSSR count). The van der Waals surface area contributed by atoms with Crippen molar-refractivity contribution in [3.05, 3.63) is 12.3 Å². The maximum atomic E-state index is 8.81. The number of aliphatic imine (C=N–C) groups is 2. The third-order valence-corrected chi connectivity index (χ3v) is 2.66. The van der Waals surface area contributed by atoms with Crippen molar-refractivity contribution in [2.75, 3.05) is 19.8 Å². The second-order valence-corrected chi connectivity index (χ2v) is 3.82. The molecule has 6 heteroatoms. The molecule has 1 saturated heterocycles. The van der Waals surface area contributed by atoms with Gasteiger partial charge >= 0.3 is 0 Å². The van der Waals surface area contributed by atoms with E-state index in [0.29, 0.717) is 12.4 Å². The molecule has 0 unspecified atom stereocenters. The van der Waals surface area contributed by atoms with Gasteiger partial charge in [0.2, 0.25) is 0 Å². The van der Waals surface area contributed by atoms with Crippen molar-refractivity contribution in [3.63, 3.8) is 0 Å². The highest BCUT2D eigenvalue weighted by atomic mass is 15.2. The van der Waals surface area contributed by atoms with Crippen molar-refractivity contribution in [2.45, 2.75) is 12.6 Å². The van der Waals surface area contributed by atoms with E-state index in [0.717, 1.165) is 25.7 Å². The molecule has 0 amide bonds. The van der Waals surface area contributed by atoms with Crippen LogP contribution in [0, 0.1) is 22.6 Å². The smallest absolute Gasteiger partial charge is 0.270 e. The number of allylic oxidation sites excluding steroid dienone is 1. The van der Waals surface area contributed by atoms with E-state index in [1.54, 1.807) is 0 Å². The Morgan fingerprint density at radius 2 is 2.12 bits per heavy atom. The highest BCUT2D eigenvalue weighted by Gasteiger charge is 2.21. The summed E-state index contributed by atoms with van der Waals surface area (Å²) >= 11 is 0. The molecular formula is C11H14BN5. The van der Waals surface area contributed by atoms with Crippen LogP contribution in [0.2, 0.25) is 12.6 Å². The van der Waals surface area contributed by atoms with Gasteiger partial charge in [-0.05, 0) is 38.5 Å². The minimum atomic E-state index is 0.176. The van der Waals surface area contributed by atoms with Crippen molar-refractivity contribution in [1.29, 1.82) is 10.5 Å². The predicted molar refractivity (Wildman–Crippen MR) is 69.2 cm³/mol. The van der Waals surface area contributed by atoms with E-state index in [1.165, 1.54) is 12.3 Å². The third kappa shape index (κ3) is 4.63. The Bertz CT molecular complexity index is 393. The van der Waals surface area contributed by atoms with Crippen LogP contribution in [-0.4, -0.2) is 43.8 Å². The first-order valence-electron chi connectivity index (χ1n) is 5.49. The number of nitriles is 2. The fraction of sp³-hybridized carbons (Fsp3) is 0.455. The minimum absolute atomic E-state index is 0.176. The van der Waals surface area contributed by atoms with Crippen LogP contribution in [0.25, 0.3) is 0 Å². The largest absolute Gasteiger partial charge is 0.286 e. The van der Waals surface area contributed by atoms with E-state index in [9.17, 15) is 0 Å². The van der Waals surface area contributed by atoms with Crippen LogP contribution >= 0.6 is 0 Å². The lowest BCUT2D eigenvalue weighted by Gasteiger charge is -2.25. The van der Waals surface area contributed by atoms with Gasteiger partial charge in [-0.1, -0.05) is 0 Å². The average molecular weight is 227 g/mol. The number of rotatable bonds is 4. The fourth-order valence-corrected chi connectivity index (χ4v) is 1.63. The normalized spacial score (nSPS) is 17.8. The summed E-state index contributed by atoms with van der Waals surface area (Å²) in [5.41, 5.74) is 0.347. The quantitative estimate of drug-likeness (QED) is 0.530. The average Bonchev–Trinajstić information content (AvgIpc) is 2.39. The van der Waals surface area contributed by atoms with Gasteiger partial charge in [0.05, 0.1) is 6.67 Å². The van der Waals surface area contributed by atoms with E-state index in [-0.39, 0.29) is 6.71 Å². The van der Waals surface area contributed by atoms with Crippen LogP contribution in [0.1, 0.15) is 0 Å². The zero-order valence-electron chi connectivity index (χ0n) is 9.71. The molecule has 0 radical (unpaired) electrons. The van der Waals surface area contributed by atoms with Crippen LogP contribution in [0.15, 0.2) is 22.3 Å². The lowest BCUT2D eigenvalue weighted by Crippen LogP contribution is -2.36. The summed E-state index contributed by atoms with van der Waals surface area (Å²) in [5, 5.41) is 17.6. The SMILES string of the molecule is C=N/C=C\C(C#N)=N/CN1CCB(C#N)CC1. The molecule has 0 N–H and O–H groups in total. The van der Waals surface area contributed by atoms with E-state index in [2.05, 4.69) is 27.6 Å². The number of hydrogen-bond donors (Lipinski definition) is 0. The summed E-state index contributed by atoms with van der Waals surface area (Å²) in [6.07, 6.45) is 4.76. The first-order valence-corrected chi connectivity index (χ1v) is 5.49. The van der Waals surface area contributed by atoms with Gasteiger partial charge in [0.1, 0.15) is 11.8 Å². The zero-order valence-corrected chi connectivity index (χ0v) is 9.71. The lowest BCUT2D eigenvalue weighted by molar-refractivity contribution is 0.303. The van der Waals surface area contributed by atoms with E-state index in [1.807, 2.05) is 6.07 Å². The summed E-state index contributed by atoms with van der Waals surface area (Å²) < 4.78 is 0. The topological polar surface area (TPSA) is 75.5 Å². The number of nitrogens with zero attached hydrogens (tertiary/aromatic N) is 5. The van der Waals surface area contributed by atoms with Gasteiger partial charge < -0.3 is 0 Å². The Morgan fingerprint density at radius 3 is 2.65 bits per heavy atom. The van der Waals surface area contributed by atoms with Gasteiger partial charge in [-0.25, -0.2) is 5.26 Å². The van der Waals surface area contributed by atoms with Crippen molar-refractivity contribution in [1.82, 2.24) is 4.90 Å². The standard InChI is InChI=1S/C11H14BN5/c1-15-5-2-11(8-13)16-10-17-6-3-12(9-14)4-7-17/h2,5H,1,3-4,6-7,10H2/b5-2-,16-11+. The second-order valence-electron chi connectivity index (χ2n) is 3.82. The molecule has 86 valence electrons. The van der Waals surface area contributed by atoms with E-state index in [4.69, 9.17) is 10.5 Å². The molecule has 0 atom stereocenters. The van der Waals surface area contributed by atoms with Crippen LogP contribution in [-0.2, 0) is 0 Å². The molecular weight excluding hydrogens is 213 g/mol. The molecule has 0 saturated carbocycles. The van der Waals surface area contributed by atoms with Crippen LogP contribution in [0.5, 0.6) is 0 Å². The Morgan fingerprint density at radius 1 is 1.41 bits per heavy atom. The predicted octanol–water partition coefficient (Wildman–Crippen LogP) is 0.996. The Labute approximate surface area is 102 Å². The van der Waals surface area contributed by atoms with Gasteiger partial charge in [0.15, 0.2) is 0 Å². The molecule has 17 heavy (non-hydrogen) atoms. The monoisotopic (exact) mass is 227 g/mol. The maximum absolute atomic E-state index is 8.81. The lowest BCUT2D eigenvalue weighted by atomic mass is 9.45. The molecule has 1 heterocycles. The third-order valence-electron chi connectivity index (χ3n) is 2.66. The summed E-state index contributed by atoms with van der Waals surface area (Å²) in [4.78, 5) is 9.84. The van der Waals surface area contributed by atoms with Crippen LogP contribution in [0.4, 0.5) is 0 Å². The fourth-order valence-electron chi connectivity index (χ4n) is 1.63. The summed E-state index contributed by atoms with van der Waals surface area (Å²) in [5.74, 6) is 2.28. The molecule has 1 fully saturated rings. The molecule has 0 aromatic carbocycles. The summed E-state index contributed by atoms with van der Waals surface area (Å²) in [6.45, 7) is 5.70. The highest BCUT2D eigenvalue weighted by molar-refractivity contribution is 6.67. The van der Waals surface area contributed by atoms with Gasteiger partial charge in [-0.3, -0.25) is 14.9 Å². The van der Waals surface area contributed by atoms with Crippen molar-refractivity contribution >= 4 is 19.1 Å². The summed E-state index contributed by atoms with van der Waals surface area (Å²) in [7, 11) is 0. The first kappa shape index (κ1) is 13.2. The molecule has 0 aliphatic carbocycles. The Balaban J connectivity index is 2.43. The van der Waals surface area contributed by atoms with Crippen molar-refractivity contribution in [3.8, 4) is 12.0 Å². The van der Waals surface area contributed by atoms with Crippen molar-refractivity contribution < 1.29 is 0 Å². The van der Waals surface area contributed by atoms with E-state index < -0.39 is 0 Å². The van der Waals surface area contributed by atoms with Gasteiger partial charge in [-0.2, -0.15) is 5.26 Å². The van der Waals surface area contributed by atoms with Crippen LogP contribution < -0.4 is 0 Å². The van der Waals surface area contributed by atoms with Gasteiger partial charge in [-0.15, -0.1) is 0 Å². The van der Waals surface area contributed by atoms with Crippen LogP contribution in [0.3, 0.4) is 0 Å². The molecule has 0 spiro atoms. The first-order chi connectivity index (χ1) is 8.30. The maximum Gasteiger partial charge on any atom is 0.270 e. The van der Waals surface area contributed by atoms with E-state index >= 15 is 0 Å². The molecule has 0 bridgehead atoms. The minimum Gasteiger partial charge on any atom is -0.286 e.